The van der Waals surface area contributed by atoms with E-state index in [9.17, 15) is 13.9 Å². The van der Waals surface area contributed by atoms with E-state index in [0.29, 0.717) is 24.7 Å². The average Bonchev–Trinajstić information content (AvgIpc) is 3.09. The second-order valence-electron chi connectivity index (χ2n) is 9.89. The van der Waals surface area contributed by atoms with Crippen molar-refractivity contribution in [2.24, 2.45) is 0 Å². The van der Waals surface area contributed by atoms with Crippen LogP contribution in [0.15, 0.2) is 48.5 Å². The summed E-state index contributed by atoms with van der Waals surface area (Å²) in [6.07, 6.45) is -0.694. The molecule has 0 bridgehead atoms. The van der Waals surface area contributed by atoms with E-state index in [-0.39, 0.29) is 24.0 Å². The lowest BCUT2D eigenvalue weighted by Crippen LogP contribution is -2.40. The fourth-order valence-electron chi connectivity index (χ4n) is 3.56. The van der Waals surface area contributed by atoms with Crippen LogP contribution in [0.1, 0.15) is 45.9 Å². The summed E-state index contributed by atoms with van der Waals surface area (Å²) in [5, 5.41) is 15.3. The van der Waals surface area contributed by atoms with Gasteiger partial charge < -0.3 is 14.6 Å². The summed E-state index contributed by atoms with van der Waals surface area (Å²) < 4.78 is 41.4. The van der Waals surface area contributed by atoms with Gasteiger partial charge in [0.25, 0.3) is 0 Å². The van der Waals surface area contributed by atoms with Gasteiger partial charge in [0.1, 0.15) is 5.82 Å². The number of aliphatic hydroxyl groups excluding tert-OH is 1. The number of aromatic nitrogens is 2. The Morgan fingerprint density at radius 2 is 1.77 bits per heavy atom. The number of aryl methyl sites for hydroxylation is 1. The number of hydrogen-bond donors (Lipinski definition) is 1. The first-order chi connectivity index (χ1) is 16.4. The molecule has 0 amide bonds. The van der Waals surface area contributed by atoms with Crippen molar-refractivity contribution < 1.29 is 23.4 Å². The van der Waals surface area contributed by atoms with Gasteiger partial charge >= 0.3 is 0 Å². The Morgan fingerprint density at radius 3 is 2.37 bits per heavy atom. The summed E-state index contributed by atoms with van der Waals surface area (Å²) in [6, 6.07) is 12.7. The zero-order valence-electron chi connectivity index (χ0n) is 21.3. The molecule has 6 nitrogen and oxygen atoms in total. The Balaban J connectivity index is 1.95. The standard InChI is InChI=1S/C27H35F2N3O3/c1-18(2)31(15-22(33)17-34-27(4,5)6)16-23-19(3)30-32(21-10-8-7-9-11-21)26(23)35-25-13-12-20(28)14-24(25)29/h7-14,18,22,33H,15-17H2,1-6H3/t22-/m0/s1. The molecule has 0 saturated carbocycles. The molecular formula is C27H35F2N3O3. The monoisotopic (exact) mass is 487 g/mol. The third kappa shape index (κ3) is 7.34. The minimum absolute atomic E-state index is 0.0918. The van der Waals surface area contributed by atoms with E-state index in [1.54, 1.807) is 4.68 Å². The van der Waals surface area contributed by atoms with Crippen LogP contribution < -0.4 is 4.74 Å². The van der Waals surface area contributed by atoms with Crippen LogP contribution in [-0.4, -0.2) is 50.7 Å². The summed E-state index contributed by atoms with van der Waals surface area (Å²) in [6.45, 7) is 12.7. The van der Waals surface area contributed by atoms with Crippen LogP contribution in [-0.2, 0) is 11.3 Å². The molecule has 8 heteroatoms. The highest BCUT2D eigenvalue weighted by atomic mass is 19.1. The maximum Gasteiger partial charge on any atom is 0.227 e. The number of hydrogen-bond acceptors (Lipinski definition) is 5. The molecule has 0 unspecified atom stereocenters. The minimum atomic E-state index is -0.801. The van der Waals surface area contributed by atoms with Crippen LogP contribution in [0.3, 0.4) is 0 Å². The zero-order valence-corrected chi connectivity index (χ0v) is 21.3. The van der Waals surface area contributed by atoms with Crippen molar-refractivity contribution in [1.82, 2.24) is 14.7 Å². The lowest BCUT2D eigenvalue weighted by molar-refractivity contribution is -0.0587. The Morgan fingerprint density at radius 1 is 1.09 bits per heavy atom. The van der Waals surface area contributed by atoms with Gasteiger partial charge in [0.05, 0.1) is 35.3 Å². The van der Waals surface area contributed by atoms with E-state index in [1.807, 2.05) is 71.9 Å². The predicted molar refractivity (Wildman–Crippen MR) is 132 cm³/mol. The molecule has 1 aromatic heterocycles. The lowest BCUT2D eigenvalue weighted by atomic mass is 10.1. The van der Waals surface area contributed by atoms with E-state index in [0.717, 1.165) is 23.4 Å². The van der Waals surface area contributed by atoms with Crippen molar-refractivity contribution in [3.63, 3.8) is 0 Å². The van der Waals surface area contributed by atoms with E-state index in [4.69, 9.17) is 9.47 Å². The molecule has 0 aliphatic rings. The molecule has 0 aliphatic carbocycles. The highest BCUT2D eigenvalue weighted by Gasteiger charge is 2.25. The molecule has 190 valence electrons. The first-order valence-electron chi connectivity index (χ1n) is 11.8. The van der Waals surface area contributed by atoms with E-state index < -0.39 is 17.7 Å². The van der Waals surface area contributed by atoms with Crippen LogP contribution >= 0.6 is 0 Å². The van der Waals surface area contributed by atoms with E-state index >= 15 is 0 Å². The topological polar surface area (TPSA) is 59.8 Å². The predicted octanol–water partition coefficient (Wildman–Crippen LogP) is 5.64. The smallest absolute Gasteiger partial charge is 0.227 e. The average molecular weight is 488 g/mol. The van der Waals surface area contributed by atoms with Gasteiger partial charge in [-0.3, -0.25) is 4.90 Å². The quantitative estimate of drug-likeness (QED) is 0.401. The molecule has 35 heavy (non-hydrogen) atoms. The molecule has 0 spiro atoms. The van der Waals surface area contributed by atoms with Crippen LogP contribution in [0.25, 0.3) is 5.69 Å². The largest absolute Gasteiger partial charge is 0.435 e. The van der Waals surface area contributed by atoms with Gasteiger partial charge in [-0.2, -0.15) is 5.10 Å². The summed E-state index contributed by atoms with van der Waals surface area (Å²) in [7, 11) is 0. The van der Waals surface area contributed by atoms with Crippen LogP contribution in [0.4, 0.5) is 8.78 Å². The van der Waals surface area contributed by atoms with Gasteiger partial charge in [0.2, 0.25) is 5.88 Å². The van der Waals surface area contributed by atoms with Crippen molar-refractivity contribution in [2.75, 3.05) is 13.2 Å². The van der Waals surface area contributed by atoms with Gasteiger partial charge in [0.15, 0.2) is 11.6 Å². The van der Waals surface area contributed by atoms with Crippen molar-refractivity contribution in [3.8, 4) is 17.3 Å². The summed E-state index contributed by atoms with van der Waals surface area (Å²) in [4.78, 5) is 2.09. The lowest BCUT2D eigenvalue weighted by Gasteiger charge is -2.30. The Labute approximate surface area is 206 Å². The Bertz CT molecular complexity index is 1110. The summed E-state index contributed by atoms with van der Waals surface area (Å²) in [5.41, 5.74) is 1.85. The van der Waals surface area contributed by atoms with Gasteiger partial charge in [-0.25, -0.2) is 13.5 Å². The zero-order chi connectivity index (χ0) is 25.8. The highest BCUT2D eigenvalue weighted by molar-refractivity contribution is 5.43. The molecule has 3 rings (SSSR count). The fourth-order valence-corrected chi connectivity index (χ4v) is 3.56. The Hall–Kier alpha value is -2.81. The second-order valence-corrected chi connectivity index (χ2v) is 9.89. The van der Waals surface area contributed by atoms with Crippen molar-refractivity contribution in [3.05, 3.63) is 71.4 Å². The van der Waals surface area contributed by atoms with Gasteiger partial charge in [-0.1, -0.05) is 18.2 Å². The fraction of sp³-hybridized carbons (Fsp3) is 0.444. The maximum atomic E-state index is 14.5. The van der Waals surface area contributed by atoms with Crippen LogP contribution in [0.2, 0.25) is 0 Å². The molecule has 0 aliphatic heterocycles. The first-order valence-corrected chi connectivity index (χ1v) is 11.8. The number of ether oxygens (including phenoxy) is 2. The molecule has 1 atom stereocenters. The molecule has 2 aromatic carbocycles. The van der Waals surface area contributed by atoms with Gasteiger partial charge in [-0.05, 0) is 65.8 Å². The molecule has 1 heterocycles. The van der Waals surface area contributed by atoms with E-state index in [1.165, 1.54) is 6.07 Å². The number of para-hydroxylation sites is 1. The van der Waals surface area contributed by atoms with Gasteiger partial charge in [-0.15, -0.1) is 0 Å². The number of halogens is 2. The molecule has 0 radical (unpaired) electrons. The van der Waals surface area contributed by atoms with Crippen LogP contribution in [0, 0.1) is 18.6 Å². The third-order valence-corrected chi connectivity index (χ3v) is 5.48. The molecule has 0 fully saturated rings. The number of rotatable bonds is 10. The molecule has 3 aromatic rings. The molecular weight excluding hydrogens is 452 g/mol. The summed E-state index contributed by atoms with van der Waals surface area (Å²) >= 11 is 0. The van der Waals surface area contributed by atoms with Crippen LogP contribution in [0.5, 0.6) is 11.6 Å². The number of aliphatic hydroxyl groups is 1. The number of benzene rings is 2. The number of nitrogens with zero attached hydrogens (tertiary/aromatic N) is 3. The van der Waals surface area contributed by atoms with Crippen molar-refractivity contribution in [2.45, 2.75) is 65.8 Å². The third-order valence-electron chi connectivity index (χ3n) is 5.48. The van der Waals surface area contributed by atoms with Crippen molar-refractivity contribution in [1.29, 1.82) is 0 Å². The summed E-state index contributed by atoms with van der Waals surface area (Å²) in [5.74, 6) is -1.24. The normalized spacial score (nSPS) is 13.0. The molecule has 1 N–H and O–H groups in total. The maximum absolute atomic E-state index is 14.5. The first kappa shape index (κ1) is 26.8. The van der Waals surface area contributed by atoms with E-state index in [2.05, 4.69) is 10.00 Å². The second kappa shape index (κ2) is 11.3. The highest BCUT2D eigenvalue weighted by Crippen LogP contribution is 2.33. The van der Waals surface area contributed by atoms with Gasteiger partial charge in [0, 0.05) is 25.2 Å². The molecule has 0 saturated heterocycles. The minimum Gasteiger partial charge on any atom is -0.435 e. The Kier molecular flexibility index (Phi) is 8.64. The van der Waals surface area contributed by atoms with Crippen molar-refractivity contribution >= 4 is 0 Å². The SMILES string of the molecule is Cc1nn(-c2ccccc2)c(Oc2ccc(F)cc2F)c1CN(C[C@H](O)COC(C)(C)C)C(C)C.